The van der Waals surface area contributed by atoms with Crippen LogP contribution in [0.25, 0.3) is 0 Å². The molecule has 5 rings (SSSR count). The molecule has 2 aliphatic rings. The van der Waals surface area contributed by atoms with Gasteiger partial charge >= 0.3 is 0 Å². The largest absolute Gasteiger partial charge is 0.489 e. The van der Waals surface area contributed by atoms with Crippen LogP contribution >= 0.6 is 0 Å². The maximum Gasteiger partial charge on any atom is 0.234 e. The van der Waals surface area contributed by atoms with Gasteiger partial charge in [0, 0.05) is 63.1 Å². The number of carbonyl (C=O) groups excluding carboxylic acids is 1. The zero-order chi connectivity index (χ0) is 25.5. The summed E-state index contributed by atoms with van der Waals surface area (Å²) in [6.45, 7) is 9.67. The van der Waals surface area contributed by atoms with E-state index in [0.717, 1.165) is 58.0 Å². The van der Waals surface area contributed by atoms with Crippen molar-refractivity contribution in [3.05, 3.63) is 95.6 Å². The zero-order valence-electron chi connectivity index (χ0n) is 21.8. The molecule has 1 atom stereocenters. The molecule has 0 radical (unpaired) electrons. The number of benzene rings is 3. The third kappa shape index (κ3) is 6.90. The Bertz CT molecular complexity index is 1150. The molecule has 1 unspecified atom stereocenters. The fourth-order valence-electron chi connectivity index (χ4n) is 5.40. The number of piperazine rings is 1. The van der Waals surface area contributed by atoms with E-state index in [-0.39, 0.29) is 11.9 Å². The smallest absolute Gasteiger partial charge is 0.234 e. The first-order chi connectivity index (χ1) is 18.1. The third-order valence-electron chi connectivity index (χ3n) is 7.46. The molecular weight excluding hydrogens is 460 g/mol. The molecule has 0 spiro atoms. The molecule has 0 saturated carbocycles. The molecule has 0 aromatic heterocycles. The first kappa shape index (κ1) is 25.3. The van der Waals surface area contributed by atoms with Gasteiger partial charge in [-0.2, -0.15) is 0 Å². The van der Waals surface area contributed by atoms with Crippen molar-refractivity contribution in [2.75, 3.05) is 50.7 Å². The van der Waals surface area contributed by atoms with E-state index in [2.05, 4.69) is 81.5 Å². The first-order valence-corrected chi connectivity index (χ1v) is 13.4. The van der Waals surface area contributed by atoms with Gasteiger partial charge in [0.15, 0.2) is 0 Å². The monoisotopic (exact) mass is 498 g/mol. The van der Waals surface area contributed by atoms with E-state index in [1.54, 1.807) is 0 Å². The Labute approximate surface area is 220 Å². The Morgan fingerprint density at radius 2 is 1.54 bits per heavy atom. The molecular formula is C31H38N4O2. The Balaban J connectivity index is 1.06. The molecule has 2 fully saturated rings. The van der Waals surface area contributed by atoms with E-state index < -0.39 is 0 Å². The SMILES string of the molecule is Cc1c(OCc2ccccc2)cccc1N1CCN(CC(=O)NC2CCN(Cc3ccccc3)C2)CC1. The normalized spacial score (nSPS) is 18.6. The van der Waals surface area contributed by atoms with Gasteiger partial charge in [0.1, 0.15) is 12.4 Å². The second kappa shape index (κ2) is 12.3. The van der Waals surface area contributed by atoms with Crippen molar-refractivity contribution in [1.29, 1.82) is 0 Å². The number of hydrogen-bond acceptors (Lipinski definition) is 5. The summed E-state index contributed by atoms with van der Waals surface area (Å²) in [5.74, 6) is 1.08. The van der Waals surface area contributed by atoms with Gasteiger partial charge in [-0.1, -0.05) is 66.7 Å². The highest BCUT2D eigenvalue weighted by atomic mass is 16.5. The van der Waals surface area contributed by atoms with E-state index >= 15 is 0 Å². The maximum absolute atomic E-state index is 12.8. The summed E-state index contributed by atoms with van der Waals surface area (Å²) in [6.07, 6.45) is 1.02. The summed E-state index contributed by atoms with van der Waals surface area (Å²) >= 11 is 0. The van der Waals surface area contributed by atoms with Crippen LogP contribution in [-0.4, -0.2) is 67.6 Å². The molecule has 0 aliphatic carbocycles. The van der Waals surface area contributed by atoms with Gasteiger partial charge in [0.25, 0.3) is 0 Å². The number of rotatable bonds is 9. The first-order valence-electron chi connectivity index (χ1n) is 13.4. The van der Waals surface area contributed by atoms with Gasteiger partial charge in [-0.25, -0.2) is 0 Å². The molecule has 6 heteroatoms. The van der Waals surface area contributed by atoms with Crippen molar-refractivity contribution >= 4 is 11.6 Å². The molecule has 2 heterocycles. The number of amides is 1. The highest BCUT2D eigenvalue weighted by Crippen LogP contribution is 2.30. The van der Waals surface area contributed by atoms with Gasteiger partial charge < -0.3 is 15.0 Å². The quantitative estimate of drug-likeness (QED) is 0.482. The lowest BCUT2D eigenvalue weighted by Gasteiger charge is -2.36. The third-order valence-corrected chi connectivity index (χ3v) is 7.46. The van der Waals surface area contributed by atoms with Crippen LogP contribution in [0, 0.1) is 6.92 Å². The Morgan fingerprint density at radius 3 is 2.27 bits per heavy atom. The minimum Gasteiger partial charge on any atom is -0.489 e. The number of hydrogen-bond donors (Lipinski definition) is 1. The van der Waals surface area contributed by atoms with E-state index in [1.165, 1.54) is 22.4 Å². The number of anilines is 1. The number of ether oxygens (including phenoxy) is 1. The molecule has 2 saturated heterocycles. The fourth-order valence-corrected chi connectivity index (χ4v) is 5.40. The van der Waals surface area contributed by atoms with E-state index in [1.807, 2.05) is 24.3 Å². The summed E-state index contributed by atoms with van der Waals surface area (Å²) < 4.78 is 6.14. The molecule has 1 amide bonds. The maximum atomic E-state index is 12.8. The average Bonchev–Trinajstić information content (AvgIpc) is 3.36. The Kier molecular flexibility index (Phi) is 8.39. The topological polar surface area (TPSA) is 48.1 Å². The van der Waals surface area contributed by atoms with Gasteiger partial charge in [-0.15, -0.1) is 0 Å². The molecule has 1 N–H and O–H groups in total. The van der Waals surface area contributed by atoms with Gasteiger partial charge in [0.05, 0.1) is 6.54 Å². The van der Waals surface area contributed by atoms with Crippen LogP contribution in [0.2, 0.25) is 0 Å². The van der Waals surface area contributed by atoms with Crippen molar-refractivity contribution in [2.24, 2.45) is 0 Å². The summed E-state index contributed by atoms with van der Waals surface area (Å²) in [6, 6.07) is 27.4. The van der Waals surface area contributed by atoms with Crippen molar-refractivity contribution in [3.63, 3.8) is 0 Å². The molecule has 3 aromatic rings. The average molecular weight is 499 g/mol. The summed E-state index contributed by atoms with van der Waals surface area (Å²) in [4.78, 5) is 19.9. The predicted octanol–water partition coefficient (Wildman–Crippen LogP) is 4.09. The minimum atomic E-state index is 0.146. The van der Waals surface area contributed by atoms with E-state index in [9.17, 15) is 4.79 Å². The Morgan fingerprint density at radius 1 is 0.838 bits per heavy atom. The number of likely N-dealkylation sites (tertiary alicyclic amines) is 1. The van der Waals surface area contributed by atoms with Crippen molar-refractivity contribution in [3.8, 4) is 5.75 Å². The van der Waals surface area contributed by atoms with Crippen LogP contribution in [0.5, 0.6) is 5.75 Å². The zero-order valence-corrected chi connectivity index (χ0v) is 21.8. The van der Waals surface area contributed by atoms with Crippen LogP contribution in [0.3, 0.4) is 0 Å². The number of nitrogens with zero attached hydrogens (tertiary/aromatic N) is 3. The van der Waals surface area contributed by atoms with E-state index in [4.69, 9.17) is 4.74 Å². The fraction of sp³-hybridized carbons (Fsp3) is 0.387. The van der Waals surface area contributed by atoms with Gasteiger partial charge in [0.2, 0.25) is 5.91 Å². The minimum absolute atomic E-state index is 0.146. The molecule has 2 aliphatic heterocycles. The lowest BCUT2D eigenvalue weighted by atomic mass is 10.1. The summed E-state index contributed by atoms with van der Waals surface area (Å²) in [7, 11) is 0. The lowest BCUT2D eigenvalue weighted by Crippen LogP contribution is -2.51. The lowest BCUT2D eigenvalue weighted by molar-refractivity contribution is -0.123. The molecule has 6 nitrogen and oxygen atoms in total. The van der Waals surface area contributed by atoms with Crippen molar-refractivity contribution in [1.82, 2.24) is 15.1 Å². The number of carbonyl (C=O) groups is 1. The van der Waals surface area contributed by atoms with Crippen LogP contribution in [0.15, 0.2) is 78.9 Å². The molecule has 3 aromatic carbocycles. The van der Waals surface area contributed by atoms with Crippen LogP contribution in [-0.2, 0) is 17.9 Å². The summed E-state index contributed by atoms with van der Waals surface area (Å²) in [5, 5.41) is 3.28. The summed E-state index contributed by atoms with van der Waals surface area (Å²) in [5.41, 5.74) is 4.89. The second-order valence-electron chi connectivity index (χ2n) is 10.2. The van der Waals surface area contributed by atoms with Crippen LogP contribution in [0.4, 0.5) is 5.69 Å². The van der Waals surface area contributed by atoms with Gasteiger partial charge in [-0.05, 0) is 36.6 Å². The Hall–Kier alpha value is -3.35. The highest BCUT2D eigenvalue weighted by molar-refractivity contribution is 5.78. The standard InChI is InChI=1S/C31H38N4O2/c1-25-29(13-8-14-30(25)37-24-27-11-6-3-7-12-27)35-19-17-33(18-20-35)23-31(36)32-28-15-16-34(22-28)21-26-9-4-2-5-10-26/h2-14,28H,15-24H2,1H3,(H,32,36). The van der Waals surface area contributed by atoms with Crippen molar-refractivity contribution in [2.45, 2.75) is 32.5 Å². The van der Waals surface area contributed by atoms with Crippen LogP contribution in [0.1, 0.15) is 23.1 Å². The van der Waals surface area contributed by atoms with Crippen LogP contribution < -0.4 is 15.0 Å². The molecule has 37 heavy (non-hydrogen) atoms. The van der Waals surface area contributed by atoms with E-state index in [0.29, 0.717) is 13.2 Å². The molecule has 0 bridgehead atoms. The molecule has 194 valence electrons. The van der Waals surface area contributed by atoms with Crippen molar-refractivity contribution < 1.29 is 9.53 Å². The number of nitrogens with one attached hydrogen (secondary N) is 1. The predicted molar refractivity (Wildman–Crippen MR) is 149 cm³/mol. The van der Waals surface area contributed by atoms with Gasteiger partial charge in [-0.3, -0.25) is 14.6 Å². The second-order valence-corrected chi connectivity index (χ2v) is 10.2. The highest BCUT2D eigenvalue weighted by Gasteiger charge is 2.26.